The number of amides is 1. The quantitative estimate of drug-likeness (QED) is 0.836. The Labute approximate surface area is 152 Å². The van der Waals surface area contributed by atoms with E-state index in [0.717, 1.165) is 25.7 Å². The molecule has 1 aliphatic heterocycles. The number of nitrogens with one attached hydrogen (secondary N) is 1. The second kappa shape index (κ2) is 6.98. The predicted octanol–water partition coefficient (Wildman–Crippen LogP) is 3.13. The Balaban J connectivity index is 0.00000169. The first-order chi connectivity index (χ1) is 11.1. The monoisotopic (exact) mass is 372 g/mol. The smallest absolute Gasteiger partial charge is 0.251 e. The van der Waals surface area contributed by atoms with Crippen LogP contribution in [-0.4, -0.2) is 24.8 Å². The van der Waals surface area contributed by atoms with Gasteiger partial charge in [-0.05, 0) is 49.7 Å². The largest absolute Gasteiger partial charge is 0.454 e. The van der Waals surface area contributed by atoms with Gasteiger partial charge in [0.05, 0.1) is 5.02 Å². The number of ether oxygens (including phenoxy) is 2. The van der Waals surface area contributed by atoms with Gasteiger partial charge in [0.25, 0.3) is 5.91 Å². The number of nitrogens with two attached hydrogens (primary N) is 1. The topological polar surface area (TPSA) is 73.6 Å². The minimum absolute atomic E-state index is 0. The van der Waals surface area contributed by atoms with E-state index in [0.29, 0.717) is 33.9 Å². The number of fused-ring (bicyclic) bond motifs is 3. The van der Waals surface area contributed by atoms with Crippen molar-refractivity contribution in [2.75, 3.05) is 6.79 Å². The van der Waals surface area contributed by atoms with Crippen LogP contribution in [0.2, 0.25) is 5.02 Å². The van der Waals surface area contributed by atoms with E-state index in [9.17, 15) is 4.79 Å². The summed E-state index contributed by atoms with van der Waals surface area (Å²) in [6, 6.07) is 3.85. The van der Waals surface area contributed by atoms with Gasteiger partial charge in [-0.15, -0.1) is 12.4 Å². The predicted molar refractivity (Wildman–Crippen MR) is 94.1 cm³/mol. The lowest BCUT2D eigenvalue weighted by Crippen LogP contribution is -2.53. The van der Waals surface area contributed by atoms with Crippen LogP contribution in [0.3, 0.4) is 0 Å². The first-order valence-electron chi connectivity index (χ1n) is 8.27. The minimum Gasteiger partial charge on any atom is -0.454 e. The van der Waals surface area contributed by atoms with Crippen molar-refractivity contribution in [3.63, 3.8) is 0 Å². The molecule has 7 heteroatoms. The molecule has 5 nitrogen and oxygen atoms in total. The molecule has 1 aromatic carbocycles. The van der Waals surface area contributed by atoms with E-state index >= 15 is 0 Å². The molecule has 2 fully saturated rings. The third-order valence-corrected chi connectivity index (χ3v) is 5.64. The maximum atomic E-state index is 12.7. The highest BCUT2D eigenvalue weighted by Gasteiger charge is 2.40. The Kier molecular flexibility index (Phi) is 5.13. The molecular weight excluding hydrogens is 351 g/mol. The fourth-order valence-electron chi connectivity index (χ4n) is 4.36. The summed E-state index contributed by atoms with van der Waals surface area (Å²) in [7, 11) is 0. The normalized spacial score (nSPS) is 30.4. The highest BCUT2D eigenvalue weighted by molar-refractivity contribution is 6.32. The van der Waals surface area contributed by atoms with Crippen molar-refractivity contribution < 1.29 is 14.3 Å². The standard InChI is InChI=1S/C17H21ClN2O3.ClH/c18-13-6-11(7-14-16(13)23-8-22-14)17(21)20-15-9-2-1-3-10(15)5-12(19)4-9;/h6-7,9-10,12,15H,1-5,8,19H2,(H,20,21);1H. The summed E-state index contributed by atoms with van der Waals surface area (Å²) in [6.07, 6.45) is 5.55. The van der Waals surface area contributed by atoms with Crippen molar-refractivity contribution in [1.82, 2.24) is 5.32 Å². The van der Waals surface area contributed by atoms with Crippen LogP contribution < -0.4 is 20.5 Å². The summed E-state index contributed by atoms with van der Waals surface area (Å²) in [5.74, 6) is 1.94. The Morgan fingerprint density at radius 1 is 1.21 bits per heavy atom. The molecule has 132 valence electrons. The second-order valence-corrected chi connectivity index (χ2v) is 7.28. The van der Waals surface area contributed by atoms with Crippen LogP contribution in [0.15, 0.2) is 12.1 Å². The van der Waals surface area contributed by atoms with Crippen LogP contribution in [0, 0.1) is 11.8 Å². The van der Waals surface area contributed by atoms with Crippen molar-refractivity contribution >= 4 is 29.9 Å². The molecule has 3 aliphatic rings. The maximum absolute atomic E-state index is 12.7. The van der Waals surface area contributed by atoms with E-state index in [2.05, 4.69) is 5.32 Å². The molecule has 2 saturated carbocycles. The Hall–Kier alpha value is -1.17. The zero-order chi connectivity index (χ0) is 16.0. The average molecular weight is 373 g/mol. The van der Waals surface area contributed by atoms with Gasteiger partial charge in [0.2, 0.25) is 6.79 Å². The summed E-state index contributed by atoms with van der Waals surface area (Å²) in [5, 5.41) is 3.64. The lowest BCUT2D eigenvalue weighted by atomic mass is 9.67. The fraction of sp³-hybridized carbons (Fsp3) is 0.588. The number of carbonyl (C=O) groups excluding carboxylic acids is 1. The van der Waals surface area contributed by atoms with E-state index in [4.69, 9.17) is 26.8 Å². The number of halogens is 2. The van der Waals surface area contributed by atoms with Gasteiger partial charge in [-0.3, -0.25) is 4.79 Å². The van der Waals surface area contributed by atoms with Crippen LogP contribution in [-0.2, 0) is 0 Å². The number of carbonyl (C=O) groups is 1. The number of rotatable bonds is 2. The molecule has 0 aromatic heterocycles. The maximum Gasteiger partial charge on any atom is 0.251 e. The number of hydrogen-bond acceptors (Lipinski definition) is 4. The minimum atomic E-state index is -0.0948. The summed E-state index contributed by atoms with van der Waals surface area (Å²) >= 11 is 6.18. The highest BCUT2D eigenvalue weighted by Crippen LogP contribution is 2.41. The van der Waals surface area contributed by atoms with Crippen LogP contribution in [0.25, 0.3) is 0 Å². The molecule has 1 heterocycles. The Morgan fingerprint density at radius 2 is 1.92 bits per heavy atom. The van der Waals surface area contributed by atoms with Crippen LogP contribution in [0.4, 0.5) is 0 Å². The fourth-order valence-corrected chi connectivity index (χ4v) is 4.62. The molecule has 2 bridgehead atoms. The summed E-state index contributed by atoms with van der Waals surface area (Å²) in [5.41, 5.74) is 6.67. The van der Waals surface area contributed by atoms with Gasteiger partial charge < -0.3 is 20.5 Å². The van der Waals surface area contributed by atoms with Gasteiger partial charge in [-0.1, -0.05) is 18.0 Å². The van der Waals surface area contributed by atoms with E-state index in [1.165, 1.54) is 6.42 Å². The van der Waals surface area contributed by atoms with E-state index in [1.54, 1.807) is 12.1 Å². The lowest BCUT2D eigenvalue weighted by molar-refractivity contribution is 0.0755. The summed E-state index contributed by atoms with van der Waals surface area (Å²) in [6.45, 7) is 0.144. The molecule has 3 N–H and O–H groups in total. The molecule has 24 heavy (non-hydrogen) atoms. The molecule has 2 aliphatic carbocycles. The number of benzene rings is 1. The first kappa shape index (κ1) is 17.6. The van der Waals surface area contributed by atoms with E-state index < -0.39 is 0 Å². The third kappa shape index (κ3) is 3.17. The molecule has 1 aromatic rings. The third-order valence-electron chi connectivity index (χ3n) is 5.36. The van der Waals surface area contributed by atoms with Crippen molar-refractivity contribution in [3.05, 3.63) is 22.7 Å². The highest BCUT2D eigenvalue weighted by atomic mass is 35.5. The molecule has 2 unspecified atom stereocenters. The van der Waals surface area contributed by atoms with Gasteiger partial charge >= 0.3 is 0 Å². The molecule has 0 radical (unpaired) electrons. The van der Waals surface area contributed by atoms with Gasteiger partial charge in [-0.2, -0.15) is 0 Å². The Morgan fingerprint density at radius 3 is 2.62 bits per heavy atom. The van der Waals surface area contributed by atoms with Gasteiger partial charge in [0.15, 0.2) is 11.5 Å². The molecule has 1 amide bonds. The average Bonchev–Trinajstić information content (AvgIpc) is 2.97. The van der Waals surface area contributed by atoms with E-state index in [1.807, 2.05) is 0 Å². The molecule has 4 rings (SSSR count). The second-order valence-electron chi connectivity index (χ2n) is 6.87. The van der Waals surface area contributed by atoms with Gasteiger partial charge in [0.1, 0.15) is 0 Å². The van der Waals surface area contributed by atoms with Crippen molar-refractivity contribution in [2.45, 2.75) is 44.2 Å². The lowest BCUT2D eigenvalue weighted by Gasteiger charge is -2.45. The van der Waals surface area contributed by atoms with Crippen LogP contribution in [0.1, 0.15) is 42.5 Å². The zero-order valence-corrected chi connectivity index (χ0v) is 14.9. The molecule has 0 spiro atoms. The van der Waals surface area contributed by atoms with E-state index in [-0.39, 0.29) is 37.2 Å². The summed E-state index contributed by atoms with van der Waals surface area (Å²) in [4.78, 5) is 12.7. The molecule has 2 atom stereocenters. The molecule has 0 saturated heterocycles. The van der Waals surface area contributed by atoms with Gasteiger partial charge in [-0.25, -0.2) is 0 Å². The summed E-state index contributed by atoms with van der Waals surface area (Å²) < 4.78 is 10.6. The number of hydrogen-bond donors (Lipinski definition) is 2. The first-order valence-corrected chi connectivity index (χ1v) is 8.65. The SMILES string of the molecule is Cl.NC1CC2CCCC(C1)C2NC(=O)c1cc(Cl)c2c(c1)OCO2. The van der Waals surface area contributed by atoms with Crippen LogP contribution >= 0.6 is 24.0 Å². The Bertz CT molecular complexity index is 627. The van der Waals surface area contributed by atoms with Crippen molar-refractivity contribution in [3.8, 4) is 11.5 Å². The van der Waals surface area contributed by atoms with Gasteiger partial charge in [0, 0.05) is 17.6 Å². The van der Waals surface area contributed by atoms with Crippen LogP contribution in [0.5, 0.6) is 11.5 Å². The van der Waals surface area contributed by atoms with Crippen molar-refractivity contribution in [1.29, 1.82) is 0 Å². The van der Waals surface area contributed by atoms with Crippen molar-refractivity contribution in [2.24, 2.45) is 17.6 Å². The molecular formula is C17H22Cl2N2O3. The zero-order valence-electron chi connectivity index (χ0n) is 13.3.